The number of carbonyl (C=O) groups is 1. The van der Waals surface area contributed by atoms with Gasteiger partial charge in [-0.1, -0.05) is 29.8 Å². The number of aromatic amines is 1. The fourth-order valence-corrected chi connectivity index (χ4v) is 2.80. The zero-order valence-electron chi connectivity index (χ0n) is 14.0. The van der Waals surface area contributed by atoms with Crippen molar-refractivity contribution in [2.24, 2.45) is 0 Å². The van der Waals surface area contributed by atoms with E-state index >= 15 is 0 Å². The molecule has 4 aromatic rings. The van der Waals surface area contributed by atoms with Crippen molar-refractivity contribution in [3.05, 3.63) is 87.6 Å². The molecule has 1 amide bonds. The standard InChI is InChI=1S/C19H14ClN5O2/c20-13-8-6-12(7-9-13)18(26)21-11-16-23-17-15(19(27)24-16)10-22-25(17)14-4-2-1-3-5-14/h1-10H,11H2,(H,21,26)(H,23,24,27). The van der Waals surface area contributed by atoms with Crippen molar-refractivity contribution in [3.63, 3.8) is 0 Å². The molecule has 7 nitrogen and oxygen atoms in total. The van der Waals surface area contributed by atoms with Crippen LogP contribution in [0.1, 0.15) is 16.2 Å². The number of rotatable bonds is 4. The number of H-pyrrole nitrogens is 1. The number of halogens is 1. The molecular formula is C19H14ClN5O2. The minimum absolute atomic E-state index is 0.0760. The molecule has 27 heavy (non-hydrogen) atoms. The Morgan fingerprint density at radius 1 is 1.11 bits per heavy atom. The minimum Gasteiger partial charge on any atom is -0.345 e. The van der Waals surface area contributed by atoms with E-state index in [2.05, 4.69) is 20.4 Å². The number of hydrogen-bond donors (Lipinski definition) is 2. The summed E-state index contributed by atoms with van der Waals surface area (Å²) in [6.07, 6.45) is 1.48. The number of nitrogens with one attached hydrogen (secondary N) is 2. The second-order valence-corrected chi connectivity index (χ2v) is 6.27. The van der Waals surface area contributed by atoms with Crippen molar-refractivity contribution >= 4 is 28.5 Å². The molecule has 134 valence electrons. The van der Waals surface area contributed by atoms with Gasteiger partial charge in [-0.15, -0.1) is 0 Å². The van der Waals surface area contributed by atoms with Crippen LogP contribution in [-0.4, -0.2) is 25.7 Å². The maximum Gasteiger partial charge on any atom is 0.262 e. The van der Waals surface area contributed by atoms with Crippen molar-refractivity contribution in [2.75, 3.05) is 0 Å². The van der Waals surface area contributed by atoms with E-state index in [1.54, 1.807) is 28.9 Å². The van der Waals surface area contributed by atoms with Gasteiger partial charge in [-0.3, -0.25) is 9.59 Å². The summed E-state index contributed by atoms with van der Waals surface area (Å²) in [4.78, 5) is 31.7. The Morgan fingerprint density at radius 3 is 2.59 bits per heavy atom. The van der Waals surface area contributed by atoms with Gasteiger partial charge >= 0.3 is 0 Å². The average Bonchev–Trinajstić information content (AvgIpc) is 3.12. The van der Waals surface area contributed by atoms with E-state index in [0.29, 0.717) is 27.4 Å². The second-order valence-electron chi connectivity index (χ2n) is 5.83. The van der Waals surface area contributed by atoms with Gasteiger partial charge < -0.3 is 10.3 Å². The number of carbonyl (C=O) groups excluding carboxylic acids is 1. The predicted molar refractivity (Wildman–Crippen MR) is 102 cm³/mol. The van der Waals surface area contributed by atoms with Crippen molar-refractivity contribution < 1.29 is 4.79 Å². The van der Waals surface area contributed by atoms with Crippen molar-refractivity contribution in [2.45, 2.75) is 6.54 Å². The number of fused-ring (bicyclic) bond motifs is 1. The molecule has 0 aliphatic heterocycles. The number of nitrogens with zero attached hydrogens (tertiary/aromatic N) is 3. The largest absolute Gasteiger partial charge is 0.345 e. The van der Waals surface area contributed by atoms with Crippen LogP contribution in [0, 0.1) is 0 Å². The van der Waals surface area contributed by atoms with Gasteiger partial charge in [0.05, 0.1) is 18.4 Å². The quantitative estimate of drug-likeness (QED) is 0.570. The average molecular weight is 380 g/mol. The second kappa shape index (κ2) is 7.05. The number of para-hydroxylation sites is 1. The SMILES string of the molecule is O=C(NCc1nc2c(cnn2-c2ccccc2)c(=O)[nH]1)c1ccc(Cl)cc1. The van der Waals surface area contributed by atoms with Crippen LogP contribution in [0.3, 0.4) is 0 Å². The molecule has 4 rings (SSSR count). The van der Waals surface area contributed by atoms with Gasteiger partial charge in [0.1, 0.15) is 11.2 Å². The zero-order valence-corrected chi connectivity index (χ0v) is 14.8. The van der Waals surface area contributed by atoms with E-state index in [1.165, 1.54) is 6.20 Å². The molecule has 0 spiro atoms. The first-order chi connectivity index (χ1) is 13.1. The van der Waals surface area contributed by atoms with Crippen LogP contribution in [0.25, 0.3) is 16.7 Å². The summed E-state index contributed by atoms with van der Waals surface area (Å²) in [6, 6.07) is 15.9. The normalized spacial score (nSPS) is 10.9. The molecular weight excluding hydrogens is 366 g/mol. The van der Waals surface area contributed by atoms with Gasteiger partial charge in [0, 0.05) is 10.6 Å². The lowest BCUT2D eigenvalue weighted by molar-refractivity contribution is 0.0950. The Balaban J connectivity index is 1.62. The Bertz CT molecular complexity index is 1170. The van der Waals surface area contributed by atoms with Crippen LogP contribution in [0.4, 0.5) is 0 Å². The fourth-order valence-electron chi connectivity index (χ4n) is 2.67. The number of aromatic nitrogens is 4. The molecule has 0 aliphatic carbocycles. The molecule has 2 aromatic heterocycles. The molecule has 8 heteroatoms. The molecule has 0 radical (unpaired) electrons. The lowest BCUT2D eigenvalue weighted by Crippen LogP contribution is -2.25. The summed E-state index contributed by atoms with van der Waals surface area (Å²) in [6.45, 7) is 0.0760. The van der Waals surface area contributed by atoms with Crippen molar-refractivity contribution in [3.8, 4) is 5.69 Å². The maximum absolute atomic E-state index is 12.3. The van der Waals surface area contributed by atoms with Gasteiger partial charge in [0.25, 0.3) is 11.5 Å². The zero-order chi connectivity index (χ0) is 18.8. The van der Waals surface area contributed by atoms with Gasteiger partial charge in [-0.2, -0.15) is 5.10 Å². The lowest BCUT2D eigenvalue weighted by atomic mass is 10.2. The van der Waals surface area contributed by atoms with E-state index in [4.69, 9.17) is 11.6 Å². The summed E-state index contributed by atoms with van der Waals surface area (Å²) < 4.78 is 1.59. The molecule has 2 aromatic carbocycles. The first-order valence-corrected chi connectivity index (χ1v) is 8.56. The third-order valence-corrected chi connectivity index (χ3v) is 4.26. The van der Waals surface area contributed by atoms with E-state index in [9.17, 15) is 9.59 Å². The third-order valence-electron chi connectivity index (χ3n) is 4.01. The van der Waals surface area contributed by atoms with Crippen LogP contribution in [-0.2, 0) is 6.54 Å². The Labute approximate surface area is 158 Å². The van der Waals surface area contributed by atoms with E-state index in [1.807, 2.05) is 30.3 Å². The fraction of sp³-hybridized carbons (Fsp3) is 0.0526. The van der Waals surface area contributed by atoms with Gasteiger partial charge in [0.2, 0.25) is 0 Å². The molecule has 0 unspecified atom stereocenters. The van der Waals surface area contributed by atoms with Crippen molar-refractivity contribution in [1.82, 2.24) is 25.1 Å². The van der Waals surface area contributed by atoms with Crippen LogP contribution in [0.15, 0.2) is 65.6 Å². The summed E-state index contributed by atoms with van der Waals surface area (Å²) >= 11 is 5.83. The summed E-state index contributed by atoms with van der Waals surface area (Å²) in [5.41, 5.74) is 1.39. The van der Waals surface area contributed by atoms with Crippen LogP contribution >= 0.6 is 11.6 Å². The maximum atomic E-state index is 12.3. The highest BCUT2D eigenvalue weighted by atomic mass is 35.5. The first kappa shape index (κ1) is 17.0. The van der Waals surface area contributed by atoms with Crippen LogP contribution < -0.4 is 10.9 Å². The smallest absolute Gasteiger partial charge is 0.262 e. The highest BCUT2D eigenvalue weighted by Gasteiger charge is 2.12. The summed E-state index contributed by atoms with van der Waals surface area (Å²) in [5, 5.41) is 7.92. The Morgan fingerprint density at radius 2 is 1.85 bits per heavy atom. The first-order valence-electron chi connectivity index (χ1n) is 8.18. The number of amides is 1. The highest BCUT2D eigenvalue weighted by molar-refractivity contribution is 6.30. The van der Waals surface area contributed by atoms with E-state index in [-0.39, 0.29) is 18.0 Å². The minimum atomic E-state index is -0.307. The molecule has 2 N–H and O–H groups in total. The monoisotopic (exact) mass is 379 g/mol. The van der Waals surface area contributed by atoms with Gasteiger partial charge in [-0.05, 0) is 36.4 Å². The van der Waals surface area contributed by atoms with E-state index < -0.39 is 0 Å². The number of benzene rings is 2. The summed E-state index contributed by atoms with van der Waals surface area (Å²) in [5.74, 6) is 0.0541. The third kappa shape index (κ3) is 3.45. The molecule has 0 saturated carbocycles. The van der Waals surface area contributed by atoms with Gasteiger partial charge in [-0.25, -0.2) is 9.67 Å². The lowest BCUT2D eigenvalue weighted by Gasteiger charge is -2.06. The van der Waals surface area contributed by atoms with Crippen LogP contribution in [0.5, 0.6) is 0 Å². The molecule has 0 fully saturated rings. The molecule has 0 bridgehead atoms. The van der Waals surface area contributed by atoms with Crippen molar-refractivity contribution in [1.29, 1.82) is 0 Å². The van der Waals surface area contributed by atoms with Crippen LogP contribution in [0.2, 0.25) is 5.02 Å². The predicted octanol–water partition coefficient (Wildman–Crippen LogP) is 2.69. The molecule has 0 atom stereocenters. The molecule has 0 saturated heterocycles. The highest BCUT2D eigenvalue weighted by Crippen LogP contribution is 2.13. The molecule has 2 heterocycles. The Kier molecular flexibility index (Phi) is 4.43. The topological polar surface area (TPSA) is 92.7 Å². The van der Waals surface area contributed by atoms with E-state index in [0.717, 1.165) is 5.69 Å². The summed E-state index contributed by atoms with van der Waals surface area (Å²) in [7, 11) is 0. The van der Waals surface area contributed by atoms with Gasteiger partial charge in [0.15, 0.2) is 5.65 Å². The molecule has 0 aliphatic rings. The number of hydrogen-bond acceptors (Lipinski definition) is 4. The Hall–Kier alpha value is -3.45.